The predicted octanol–water partition coefficient (Wildman–Crippen LogP) is 1.65. The summed E-state index contributed by atoms with van der Waals surface area (Å²) in [4.78, 5) is 0. The summed E-state index contributed by atoms with van der Waals surface area (Å²) in [7, 11) is 0. The Bertz CT molecular complexity index is 421. The van der Waals surface area contributed by atoms with E-state index in [9.17, 15) is 0 Å². The summed E-state index contributed by atoms with van der Waals surface area (Å²) < 4.78 is 6.99. The molecule has 0 amide bonds. The summed E-state index contributed by atoms with van der Waals surface area (Å²) >= 11 is 0. The van der Waals surface area contributed by atoms with E-state index in [1.807, 2.05) is 41.2 Å². The average Bonchev–Trinajstić information content (AvgIpc) is 2.73. The Morgan fingerprint density at radius 2 is 2.12 bits per heavy atom. The number of hydrogen-bond donors (Lipinski definition) is 1. The van der Waals surface area contributed by atoms with Crippen LogP contribution in [0.15, 0.2) is 42.7 Å². The Labute approximate surface area is 94.1 Å². The van der Waals surface area contributed by atoms with Gasteiger partial charge in [-0.3, -0.25) is 4.68 Å². The van der Waals surface area contributed by atoms with E-state index in [0.717, 1.165) is 12.1 Å². The molecule has 0 spiro atoms. The molecule has 0 bridgehead atoms. The molecule has 1 aromatic carbocycles. The van der Waals surface area contributed by atoms with Gasteiger partial charge >= 0.3 is 0 Å². The first-order valence-corrected chi connectivity index (χ1v) is 5.15. The minimum absolute atomic E-state index is 0.666. The maximum atomic E-state index is 9.05. The van der Waals surface area contributed by atoms with E-state index in [2.05, 4.69) is 5.10 Å². The van der Waals surface area contributed by atoms with E-state index in [1.165, 1.54) is 0 Å². The van der Waals surface area contributed by atoms with Crippen LogP contribution in [0.1, 0.15) is 12.5 Å². The first-order chi connectivity index (χ1) is 7.74. The van der Waals surface area contributed by atoms with Crippen LogP contribution in [0.3, 0.4) is 0 Å². The van der Waals surface area contributed by atoms with Gasteiger partial charge in [-0.05, 0) is 30.7 Å². The van der Waals surface area contributed by atoms with Gasteiger partial charge in [0.1, 0.15) is 5.75 Å². The number of aliphatic hydroxyl groups is 1. The van der Waals surface area contributed by atoms with Crippen LogP contribution in [-0.2, 0) is 6.54 Å². The lowest BCUT2D eigenvalue weighted by molar-refractivity contribution is -0.000304. The summed E-state index contributed by atoms with van der Waals surface area (Å²) in [6, 6.07) is 9.49. The van der Waals surface area contributed by atoms with Gasteiger partial charge in [-0.15, -0.1) is 0 Å². The third-order valence-electron chi connectivity index (χ3n) is 2.13. The van der Waals surface area contributed by atoms with Crippen molar-refractivity contribution in [3.63, 3.8) is 0 Å². The van der Waals surface area contributed by atoms with E-state index >= 15 is 0 Å². The highest BCUT2D eigenvalue weighted by molar-refractivity contribution is 5.27. The predicted molar refractivity (Wildman–Crippen MR) is 60.1 cm³/mol. The second-order valence-electron chi connectivity index (χ2n) is 3.56. The second-order valence-corrected chi connectivity index (χ2v) is 3.56. The van der Waals surface area contributed by atoms with Crippen LogP contribution in [0, 0.1) is 0 Å². The topological polar surface area (TPSA) is 47.3 Å². The Morgan fingerprint density at radius 3 is 2.69 bits per heavy atom. The first-order valence-electron chi connectivity index (χ1n) is 5.15. The lowest BCUT2D eigenvalue weighted by atomic mass is 10.2. The number of nitrogens with zero attached hydrogens (tertiary/aromatic N) is 2. The van der Waals surface area contributed by atoms with E-state index < -0.39 is 6.29 Å². The van der Waals surface area contributed by atoms with Crippen LogP contribution >= 0.6 is 0 Å². The number of benzene rings is 1. The van der Waals surface area contributed by atoms with E-state index in [4.69, 9.17) is 9.84 Å². The molecule has 2 aromatic rings. The van der Waals surface area contributed by atoms with E-state index in [1.54, 1.807) is 13.1 Å². The van der Waals surface area contributed by atoms with Gasteiger partial charge < -0.3 is 9.84 Å². The SMILES string of the molecule is CC(O)Oc1ccc(Cn2cccn2)cc1. The smallest absolute Gasteiger partial charge is 0.194 e. The minimum Gasteiger partial charge on any atom is -0.465 e. The van der Waals surface area contributed by atoms with Gasteiger partial charge in [0.15, 0.2) is 6.29 Å². The molecule has 1 N–H and O–H groups in total. The number of hydrogen-bond acceptors (Lipinski definition) is 3. The number of ether oxygens (including phenoxy) is 1. The Kier molecular flexibility index (Phi) is 3.22. The minimum atomic E-state index is -0.781. The fourth-order valence-electron chi connectivity index (χ4n) is 1.45. The molecule has 4 heteroatoms. The standard InChI is InChI=1S/C12H14N2O2/c1-10(15)16-12-5-3-11(4-6-12)9-14-8-2-7-13-14/h2-8,10,15H,9H2,1H3. The van der Waals surface area contributed by atoms with Gasteiger partial charge in [0.05, 0.1) is 6.54 Å². The fraction of sp³-hybridized carbons (Fsp3) is 0.250. The van der Waals surface area contributed by atoms with Gasteiger partial charge in [0.25, 0.3) is 0 Å². The van der Waals surface area contributed by atoms with Crippen LogP contribution in [-0.4, -0.2) is 21.2 Å². The normalized spacial score (nSPS) is 12.4. The molecule has 0 radical (unpaired) electrons. The monoisotopic (exact) mass is 218 g/mol. The highest BCUT2D eigenvalue weighted by atomic mass is 16.6. The lowest BCUT2D eigenvalue weighted by Gasteiger charge is -2.09. The zero-order valence-corrected chi connectivity index (χ0v) is 9.08. The molecule has 0 aliphatic rings. The van der Waals surface area contributed by atoms with Crippen molar-refractivity contribution in [1.29, 1.82) is 0 Å². The number of aliphatic hydroxyl groups excluding tert-OH is 1. The van der Waals surface area contributed by atoms with Crippen molar-refractivity contribution in [3.05, 3.63) is 48.3 Å². The quantitative estimate of drug-likeness (QED) is 0.794. The third-order valence-corrected chi connectivity index (χ3v) is 2.13. The molecule has 1 heterocycles. The Morgan fingerprint density at radius 1 is 1.38 bits per heavy atom. The molecular formula is C12H14N2O2. The van der Waals surface area contributed by atoms with Gasteiger partial charge in [0, 0.05) is 12.4 Å². The summed E-state index contributed by atoms with van der Waals surface area (Å²) in [6.45, 7) is 2.32. The van der Waals surface area contributed by atoms with Crippen molar-refractivity contribution in [1.82, 2.24) is 9.78 Å². The molecule has 1 unspecified atom stereocenters. The molecule has 16 heavy (non-hydrogen) atoms. The van der Waals surface area contributed by atoms with Crippen molar-refractivity contribution >= 4 is 0 Å². The van der Waals surface area contributed by atoms with Crippen LogP contribution in [0.25, 0.3) is 0 Å². The molecule has 0 fully saturated rings. The second kappa shape index (κ2) is 4.81. The van der Waals surface area contributed by atoms with Crippen molar-refractivity contribution in [2.45, 2.75) is 19.8 Å². The summed E-state index contributed by atoms with van der Waals surface area (Å²) in [5.74, 6) is 0.666. The van der Waals surface area contributed by atoms with Crippen LogP contribution in [0.2, 0.25) is 0 Å². The Hall–Kier alpha value is -1.81. The zero-order valence-electron chi connectivity index (χ0n) is 9.08. The van der Waals surface area contributed by atoms with E-state index in [-0.39, 0.29) is 0 Å². The highest BCUT2D eigenvalue weighted by Crippen LogP contribution is 2.13. The molecule has 0 aliphatic carbocycles. The molecule has 0 aliphatic heterocycles. The van der Waals surface area contributed by atoms with E-state index in [0.29, 0.717) is 5.75 Å². The van der Waals surface area contributed by atoms with Crippen LogP contribution < -0.4 is 4.74 Å². The molecule has 1 atom stereocenters. The molecule has 0 saturated heterocycles. The van der Waals surface area contributed by atoms with Crippen molar-refractivity contribution in [3.8, 4) is 5.75 Å². The average molecular weight is 218 g/mol. The largest absolute Gasteiger partial charge is 0.465 e. The van der Waals surface area contributed by atoms with Gasteiger partial charge in [0.2, 0.25) is 0 Å². The number of aromatic nitrogens is 2. The molecule has 1 aromatic heterocycles. The molecule has 2 rings (SSSR count). The van der Waals surface area contributed by atoms with Crippen molar-refractivity contribution in [2.24, 2.45) is 0 Å². The summed E-state index contributed by atoms with van der Waals surface area (Å²) in [6.07, 6.45) is 2.89. The molecule has 4 nitrogen and oxygen atoms in total. The van der Waals surface area contributed by atoms with Gasteiger partial charge in [-0.25, -0.2) is 0 Å². The molecular weight excluding hydrogens is 204 g/mol. The first kappa shape index (κ1) is 10.7. The van der Waals surface area contributed by atoms with Crippen molar-refractivity contribution < 1.29 is 9.84 Å². The van der Waals surface area contributed by atoms with Gasteiger partial charge in [-0.1, -0.05) is 12.1 Å². The maximum Gasteiger partial charge on any atom is 0.194 e. The van der Waals surface area contributed by atoms with Crippen LogP contribution in [0.4, 0.5) is 0 Å². The fourth-order valence-corrected chi connectivity index (χ4v) is 1.45. The zero-order chi connectivity index (χ0) is 11.4. The molecule has 84 valence electrons. The Balaban J connectivity index is 2.02. The third kappa shape index (κ3) is 2.84. The molecule has 0 saturated carbocycles. The summed E-state index contributed by atoms with van der Waals surface area (Å²) in [5, 5.41) is 13.2. The van der Waals surface area contributed by atoms with Crippen molar-refractivity contribution in [2.75, 3.05) is 0 Å². The van der Waals surface area contributed by atoms with Gasteiger partial charge in [-0.2, -0.15) is 5.10 Å². The maximum absolute atomic E-state index is 9.05. The van der Waals surface area contributed by atoms with Crippen LogP contribution in [0.5, 0.6) is 5.75 Å². The number of rotatable bonds is 4. The lowest BCUT2D eigenvalue weighted by Crippen LogP contribution is -2.09. The highest BCUT2D eigenvalue weighted by Gasteiger charge is 1.99. The summed E-state index contributed by atoms with van der Waals surface area (Å²) in [5.41, 5.74) is 1.14.